The predicted octanol–water partition coefficient (Wildman–Crippen LogP) is 1.69. The molecule has 4 heteroatoms. The van der Waals surface area contributed by atoms with Crippen LogP contribution in [0.4, 0.5) is 0 Å². The molecule has 0 aliphatic rings. The predicted molar refractivity (Wildman–Crippen MR) is 68.3 cm³/mol. The summed E-state index contributed by atoms with van der Waals surface area (Å²) >= 11 is 0. The zero-order chi connectivity index (χ0) is 12.4. The van der Waals surface area contributed by atoms with E-state index in [1.807, 2.05) is 24.7 Å². The van der Waals surface area contributed by atoms with Gasteiger partial charge in [0.1, 0.15) is 0 Å². The quantitative estimate of drug-likeness (QED) is 0.873. The van der Waals surface area contributed by atoms with Crippen LogP contribution in [0, 0.1) is 20.8 Å². The molecule has 0 radical (unpaired) electrons. The van der Waals surface area contributed by atoms with Crippen LogP contribution in [0.15, 0.2) is 18.3 Å². The van der Waals surface area contributed by atoms with E-state index in [-0.39, 0.29) is 0 Å². The highest BCUT2D eigenvalue weighted by Gasteiger charge is 2.08. The summed E-state index contributed by atoms with van der Waals surface area (Å²) in [6.07, 6.45) is 2.75. The van der Waals surface area contributed by atoms with Gasteiger partial charge < -0.3 is 5.73 Å². The number of pyridine rings is 1. The Morgan fingerprint density at radius 2 is 2.00 bits per heavy atom. The van der Waals surface area contributed by atoms with Gasteiger partial charge in [0, 0.05) is 11.9 Å². The number of nitrogens with two attached hydrogens (primary N) is 1. The molecule has 90 valence electrons. The first-order chi connectivity index (χ1) is 8.11. The third-order valence-electron chi connectivity index (χ3n) is 2.75. The first kappa shape index (κ1) is 11.8. The van der Waals surface area contributed by atoms with Crippen molar-refractivity contribution >= 4 is 0 Å². The molecule has 0 aromatic carbocycles. The second-order valence-electron chi connectivity index (χ2n) is 4.36. The highest BCUT2D eigenvalue weighted by molar-refractivity contribution is 5.36. The van der Waals surface area contributed by atoms with Crippen molar-refractivity contribution in [2.75, 3.05) is 6.54 Å². The van der Waals surface area contributed by atoms with Crippen molar-refractivity contribution in [2.24, 2.45) is 5.73 Å². The summed E-state index contributed by atoms with van der Waals surface area (Å²) in [5, 5.41) is 4.45. The third-order valence-corrected chi connectivity index (χ3v) is 2.75. The lowest BCUT2D eigenvalue weighted by molar-refractivity contribution is 0.794. The van der Waals surface area contributed by atoms with Crippen LogP contribution in [0.25, 0.3) is 5.82 Å². The molecule has 0 saturated heterocycles. The lowest BCUT2D eigenvalue weighted by Crippen LogP contribution is -2.07. The van der Waals surface area contributed by atoms with Crippen molar-refractivity contribution in [2.45, 2.75) is 27.2 Å². The first-order valence-electron chi connectivity index (χ1n) is 5.81. The number of hydrogen-bond acceptors (Lipinski definition) is 3. The Bertz CT molecular complexity index is 528. The van der Waals surface area contributed by atoms with Gasteiger partial charge in [0.05, 0.1) is 5.69 Å². The van der Waals surface area contributed by atoms with Crippen molar-refractivity contribution in [3.63, 3.8) is 0 Å². The third kappa shape index (κ3) is 2.36. The van der Waals surface area contributed by atoms with Crippen LogP contribution < -0.4 is 5.73 Å². The molecule has 0 spiro atoms. The highest BCUT2D eigenvalue weighted by Crippen LogP contribution is 2.15. The molecule has 0 fully saturated rings. The standard InChI is InChI=1S/C13H18N4/c1-9-6-12(4-5-14)8-15-13(9)17-11(3)7-10(2)16-17/h6-8H,4-5,14H2,1-3H3. The van der Waals surface area contributed by atoms with Crippen molar-refractivity contribution in [1.82, 2.24) is 14.8 Å². The van der Waals surface area contributed by atoms with E-state index in [1.165, 1.54) is 5.56 Å². The van der Waals surface area contributed by atoms with Crippen LogP contribution in [-0.2, 0) is 6.42 Å². The average molecular weight is 230 g/mol. The first-order valence-corrected chi connectivity index (χ1v) is 5.81. The van der Waals surface area contributed by atoms with Gasteiger partial charge in [0.15, 0.2) is 5.82 Å². The van der Waals surface area contributed by atoms with Gasteiger partial charge in [-0.25, -0.2) is 9.67 Å². The second-order valence-corrected chi connectivity index (χ2v) is 4.36. The van der Waals surface area contributed by atoms with Gasteiger partial charge in [-0.05, 0) is 50.9 Å². The summed E-state index contributed by atoms with van der Waals surface area (Å²) in [7, 11) is 0. The van der Waals surface area contributed by atoms with Crippen LogP contribution in [-0.4, -0.2) is 21.3 Å². The molecule has 0 amide bonds. The number of hydrogen-bond donors (Lipinski definition) is 1. The largest absolute Gasteiger partial charge is 0.330 e. The van der Waals surface area contributed by atoms with E-state index in [9.17, 15) is 0 Å². The Morgan fingerprint density at radius 1 is 1.24 bits per heavy atom. The SMILES string of the molecule is Cc1cc(C)n(-c2ncc(CCN)cc2C)n1. The number of aromatic nitrogens is 3. The van der Waals surface area contributed by atoms with E-state index in [0.717, 1.165) is 29.2 Å². The highest BCUT2D eigenvalue weighted by atomic mass is 15.3. The topological polar surface area (TPSA) is 56.7 Å². The normalized spacial score (nSPS) is 10.8. The summed E-state index contributed by atoms with van der Waals surface area (Å²) < 4.78 is 1.89. The Balaban J connectivity index is 2.43. The fraction of sp³-hybridized carbons (Fsp3) is 0.385. The van der Waals surface area contributed by atoms with Gasteiger partial charge >= 0.3 is 0 Å². The van der Waals surface area contributed by atoms with E-state index in [2.05, 4.69) is 29.1 Å². The molecule has 0 aliphatic carbocycles. The smallest absolute Gasteiger partial charge is 0.156 e. The van der Waals surface area contributed by atoms with E-state index in [1.54, 1.807) is 0 Å². The maximum atomic E-state index is 5.54. The van der Waals surface area contributed by atoms with Gasteiger partial charge in [-0.2, -0.15) is 5.10 Å². The fourth-order valence-corrected chi connectivity index (χ4v) is 1.99. The molecular weight excluding hydrogens is 212 g/mol. The molecule has 0 unspecified atom stereocenters. The van der Waals surface area contributed by atoms with Crippen LogP contribution >= 0.6 is 0 Å². The minimum Gasteiger partial charge on any atom is -0.330 e. The summed E-state index contributed by atoms with van der Waals surface area (Å²) in [6.45, 7) is 6.73. The van der Waals surface area contributed by atoms with Gasteiger partial charge in [-0.15, -0.1) is 0 Å². The lowest BCUT2D eigenvalue weighted by Gasteiger charge is -2.08. The summed E-state index contributed by atoms with van der Waals surface area (Å²) in [5.74, 6) is 0.899. The van der Waals surface area contributed by atoms with E-state index in [4.69, 9.17) is 5.73 Å². The van der Waals surface area contributed by atoms with Crippen LogP contribution in [0.2, 0.25) is 0 Å². The Labute approximate surface area is 101 Å². The lowest BCUT2D eigenvalue weighted by atomic mass is 10.1. The minimum absolute atomic E-state index is 0.653. The number of aryl methyl sites for hydroxylation is 3. The monoisotopic (exact) mass is 230 g/mol. The van der Waals surface area contributed by atoms with Crippen LogP contribution in [0.3, 0.4) is 0 Å². The second kappa shape index (κ2) is 4.67. The van der Waals surface area contributed by atoms with Gasteiger partial charge in [0.25, 0.3) is 0 Å². The van der Waals surface area contributed by atoms with E-state index < -0.39 is 0 Å². The van der Waals surface area contributed by atoms with Gasteiger partial charge in [0.2, 0.25) is 0 Å². The molecule has 4 nitrogen and oxygen atoms in total. The van der Waals surface area contributed by atoms with Crippen molar-refractivity contribution < 1.29 is 0 Å². The molecule has 2 N–H and O–H groups in total. The van der Waals surface area contributed by atoms with Gasteiger partial charge in [-0.3, -0.25) is 0 Å². The number of rotatable bonds is 3. The maximum Gasteiger partial charge on any atom is 0.156 e. The molecule has 0 atom stereocenters. The summed E-state index contributed by atoms with van der Waals surface area (Å²) in [5.41, 5.74) is 9.96. The van der Waals surface area contributed by atoms with Gasteiger partial charge in [-0.1, -0.05) is 6.07 Å². The zero-order valence-corrected chi connectivity index (χ0v) is 10.6. The van der Waals surface area contributed by atoms with Crippen LogP contribution in [0.1, 0.15) is 22.5 Å². The summed E-state index contributed by atoms with van der Waals surface area (Å²) in [4.78, 5) is 4.49. The fourth-order valence-electron chi connectivity index (χ4n) is 1.99. The van der Waals surface area contributed by atoms with Crippen molar-refractivity contribution in [1.29, 1.82) is 0 Å². The van der Waals surface area contributed by atoms with E-state index >= 15 is 0 Å². The molecule has 2 rings (SSSR count). The average Bonchev–Trinajstić information content (AvgIpc) is 2.58. The number of nitrogens with zero attached hydrogens (tertiary/aromatic N) is 3. The Kier molecular flexibility index (Phi) is 3.24. The zero-order valence-electron chi connectivity index (χ0n) is 10.6. The molecule has 17 heavy (non-hydrogen) atoms. The molecule has 2 heterocycles. The maximum absolute atomic E-state index is 5.54. The molecule has 2 aromatic heterocycles. The molecule has 0 saturated carbocycles. The Morgan fingerprint density at radius 3 is 2.53 bits per heavy atom. The van der Waals surface area contributed by atoms with E-state index in [0.29, 0.717) is 6.54 Å². The molecule has 0 aliphatic heterocycles. The van der Waals surface area contributed by atoms with Crippen LogP contribution in [0.5, 0.6) is 0 Å². The minimum atomic E-state index is 0.653. The molecule has 2 aromatic rings. The molecule has 0 bridgehead atoms. The summed E-state index contributed by atoms with van der Waals surface area (Å²) in [6, 6.07) is 4.18. The molecular formula is C13H18N4. The van der Waals surface area contributed by atoms with Crippen molar-refractivity contribution in [3.8, 4) is 5.82 Å². The Hall–Kier alpha value is -1.68. The van der Waals surface area contributed by atoms with Crippen molar-refractivity contribution in [3.05, 3.63) is 40.8 Å².